The van der Waals surface area contributed by atoms with Crippen LogP contribution >= 0.6 is 0 Å². The van der Waals surface area contributed by atoms with Crippen molar-refractivity contribution in [1.82, 2.24) is 0 Å². The molecule has 1 aliphatic rings. The smallest absolute Gasteiger partial charge is 0.133 e. The van der Waals surface area contributed by atoms with Gasteiger partial charge in [0.05, 0.1) is 0 Å². The van der Waals surface area contributed by atoms with Crippen molar-refractivity contribution in [2.75, 3.05) is 0 Å². The Morgan fingerprint density at radius 2 is 1.60 bits per heavy atom. The van der Waals surface area contributed by atoms with Crippen molar-refractivity contribution in [2.24, 2.45) is 11.8 Å². The Morgan fingerprint density at radius 3 is 2.15 bits per heavy atom. The van der Waals surface area contributed by atoms with E-state index < -0.39 is 6.17 Å². The van der Waals surface area contributed by atoms with Crippen LogP contribution in [0.2, 0.25) is 0 Å². The summed E-state index contributed by atoms with van der Waals surface area (Å²) in [5.41, 5.74) is 0. The molecule has 0 amide bonds. The van der Waals surface area contributed by atoms with Gasteiger partial charge in [0, 0.05) is 5.92 Å². The van der Waals surface area contributed by atoms with Crippen LogP contribution in [-0.2, 0) is 4.79 Å². The molecule has 1 fully saturated rings. The van der Waals surface area contributed by atoms with Gasteiger partial charge in [-0.05, 0) is 38.5 Å². The molecule has 0 aromatic heterocycles. The third-order valence-electron chi connectivity index (χ3n) is 4.91. The average molecular weight is 284 g/mol. The number of carbonyl (C=O) groups excluding carboxylic acids is 1. The number of carbonyl (C=O) groups is 1. The van der Waals surface area contributed by atoms with Gasteiger partial charge in [-0.1, -0.05) is 58.3 Å². The molecule has 118 valence electrons. The van der Waals surface area contributed by atoms with Gasteiger partial charge in [-0.3, -0.25) is 4.79 Å². The largest absolute Gasteiger partial charge is 0.300 e. The summed E-state index contributed by atoms with van der Waals surface area (Å²) in [5, 5.41) is 0. The second kappa shape index (κ2) is 10.3. The molecular formula is C18H33FO. The number of Topliss-reactive ketones (excluding diaryl/α,β-unsaturated/α-hetero) is 1. The Labute approximate surface area is 124 Å². The molecule has 0 bridgehead atoms. The minimum Gasteiger partial charge on any atom is -0.300 e. The zero-order valence-corrected chi connectivity index (χ0v) is 13.5. The van der Waals surface area contributed by atoms with Crippen molar-refractivity contribution in [3.05, 3.63) is 0 Å². The molecule has 1 rings (SSSR count). The first-order valence-electron chi connectivity index (χ1n) is 8.79. The lowest BCUT2D eigenvalue weighted by molar-refractivity contribution is -0.122. The van der Waals surface area contributed by atoms with Gasteiger partial charge in [-0.25, -0.2) is 4.39 Å². The third kappa shape index (κ3) is 6.85. The van der Waals surface area contributed by atoms with E-state index in [2.05, 4.69) is 6.92 Å². The van der Waals surface area contributed by atoms with E-state index in [1.165, 1.54) is 51.4 Å². The zero-order chi connectivity index (χ0) is 14.8. The Morgan fingerprint density at radius 1 is 1.00 bits per heavy atom. The molecule has 0 aromatic carbocycles. The van der Waals surface area contributed by atoms with Crippen molar-refractivity contribution in [1.29, 1.82) is 0 Å². The molecule has 20 heavy (non-hydrogen) atoms. The van der Waals surface area contributed by atoms with Gasteiger partial charge in [-0.15, -0.1) is 0 Å². The molecule has 1 saturated carbocycles. The number of halogens is 1. The Kier molecular flexibility index (Phi) is 9.13. The van der Waals surface area contributed by atoms with Crippen LogP contribution in [0.15, 0.2) is 0 Å². The molecule has 0 aliphatic heterocycles. The van der Waals surface area contributed by atoms with Crippen LogP contribution in [-0.4, -0.2) is 12.0 Å². The van der Waals surface area contributed by atoms with E-state index in [-0.39, 0.29) is 17.6 Å². The number of ketones is 1. The van der Waals surface area contributed by atoms with Crippen molar-refractivity contribution in [2.45, 2.75) is 97.1 Å². The van der Waals surface area contributed by atoms with Gasteiger partial charge in [0.15, 0.2) is 0 Å². The highest BCUT2D eigenvalue weighted by molar-refractivity contribution is 5.78. The van der Waals surface area contributed by atoms with E-state index in [0.29, 0.717) is 6.42 Å². The maximum absolute atomic E-state index is 14.0. The molecular weight excluding hydrogens is 251 g/mol. The van der Waals surface area contributed by atoms with E-state index in [1.807, 2.05) is 0 Å². The molecule has 0 spiro atoms. The number of hydrogen-bond acceptors (Lipinski definition) is 1. The SMILES string of the molecule is CCCCCCCCCCC1CCC(C(C)=O)CC1F. The maximum Gasteiger partial charge on any atom is 0.133 e. The van der Waals surface area contributed by atoms with Crippen molar-refractivity contribution in [3.63, 3.8) is 0 Å². The van der Waals surface area contributed by atoms with Crippen LogP contribution in [0.1, 0.15) is 90.9 Å². The Hall–Kier alpha value is -0.400. The summed E-state index contributed by atoms with van der Waals surface area (Å²) in [6, 6.07) is 0. The summed E-state index contributed by atoms with van der Waals surface area (Å²) in [6.45, 7) is 3.85. The second-order valence-corrected chi connectivity index (χ2v) is 6.66. The molecule has 0 heterocycles. The highest BCUT2D eigenvalue weighted by Gasteiger charge is 2.31. The van der Waals surface area contributed by atoms with Gasteiger partial charge in [0.1, 0.15) is 12.0 Å². The quantitative estimate of drug-likeness (QED) is 0.459. The molecule has 0 saturated heterocycles. The average Bonchev–Trinajstić information content (AvgIpc) is 2.43. The van der Waals surface area contributed by atoms with E-state index >= 15 is 0 Å². The number of alkyl halides is 1. The first kappa shape index (κ1) is 17.7. The van der Waals surface area contributed by atoms with Crippen molar-refractivity contribution < 1.29 is 9.18 Å². The highest BCUT2D eigenvalue weighted by Crippen LogP contribution is 2.34. The normalized spacial score (nSPS) is 26.6. The summed E-state index contributed by atoms with van der Waals surface area (Å²) in [5.74, 6) is 0.406. The Balaban J connectivity index is 2.01. The Bertz CT molecular complexity index is 264. The summed E-state index contributed by atoms with van der Waals surface area (Å²) in [4.78, 5) is 11.3. The molecule has 1 nitrogen and oxygen atoms in total. The minimum absolute atomic E-state index is 0.000171. The lowest BCUT2D eigenvalue weighted by Crippen LogP contribution is -2.29. The van der Waals surface area contributed by atoms with E-state index in [9.17, 15) is 9.18 Å². The van der Waals surface area contributed by atoms with Crippen molar-refractivity contribution >= 4 is 5.78 Å². The molecule has 2 heteroatoms. The topological polar surface area (TPSA) is 17.1 Å². The fourth-order valence-corrected chi connectivity index (χ4v) is 3.41. The van der Waals surface area contributed by atoms with Crippen LogP contribution in [0, 0.1) is 11.8 Å². The monoisotopic (exact) mass is 284 g/mol. The number of hydrogen-bond donors (Lipinski definition) is 0. The van der Waals surface area contributed by atoms with Crippen LogP contribution in [0.25, 0.3) is 0 Å². The summed E-state index contributed by atoms with van der Waals surface area (Å²) >= 11 is 0. The van der Waals surface area contributed by atoms with Gasteiger partial charge in [-0.2, -0.15) is 0 Å². The van der Waals surface area contributed by atoms with Crippen LogP contribution in [0.3, 0.4) is 0 Å². The number of unbranched alkanes of at least 4 members (excludes halogenated alkanes) is 7. The first-order chi connectivity index (χ1) is 9.65. The maximum atomic E-state index is 14.0. The van der Waals surface area contributed by atoms with Gasteiger partial charge in [0.25, 0.3) is 0 Å². The van der Waals surface area contributed by atoms with Gasteiger partial charge in [0.2, 0.25) is 0 Å². The van der Waals surface area contributed by atoms with Crippen LogP contribution < -0.4 is 0 Å². The van der Waals surface area contributed by atoms with E-state index in [1.54, 1.807) is 6.92 Å². The molecule has 0 aromatic rings. The minimum atomic E-state index is -0.734. The highest BCUT2D eigenvalue weighted by atomic mass is 19.1. The molecule has 1 aliphatic carbocycles. The van der Waals surface area contributed by atoms with E-state index in [4.69, 9.17) is 0 Å². The molecule has 0 N–H and O–H groups in total. The predicted molar refractivity (Wildman–Crippen MR) is 83.6 cm³/mol. The fourth-order valence-electron chi connectivity index (χ4n) is 3.41. The standard InChI is InChI=1S/C18H33FO/c1-3-4-5-6-7-8-9-10-11-16-12-13-17(15(2)20)14-18(16)19/h16-18H,3-14H2,1-2H3. The molecule has 3 atom stereocenters. The van der Waals surface area contributed by atoms with Crippen molar-refractivity contribution in [3.8, 4) is 0 Å². The lowest BCUT2D eigenvalue weighted by atomic mass is 9.77. The van der Waals surface area contributed by atoms with E-state index in [0.717, 1.165) is 19.3 Å². The van der Waals surface area contributed by atoms with Crippen LogP contribution in [0.4, 0.5) is 4.39 Å². The molecule has 3 unspecified atom stereocenters. The summed E-state index contributed by atoms with van der Waals surface area (Å²) in [6.07, 6.45) is 13.1. The first-order valence-corrected chi connectivity index (χ1v) is 8.79. The predicted octanol–water partition coefficient (Wildman–Crippen LogP) is 5.86. The van der Waals surface area contributed by atoms with Gasteiger partial charge >= 0.3 is 0 Å². The summed E-state index contributed by atoms with van der Waals surface area (Å²) < 4.78 is 14.0. The third-order valence-corrected chi connectivity index (χ3v) is 4.91. The van der Waals surface area contributed by atoms with Crippen LogP contribution in [0.5, 0.6) is 0 Å². The number of rotatable bonds is 10. The summed E-state index contributed by atoms with van der Waals surface area (Å²) in [7, 11) is 0. The fraction of sp³-hybridized carbons (Fsp3) is 0.944. The lowest BCUT2D eigenvalue weighted by Gasteiger charge is -2.30. The second-order valence-electron chi connectivity index (χ2n) is 6.66. The zero-order valence-electron chi connectivity index (χ0n) is 13.5. The molecule has 0 radical (unpaired) electrons. The van der Waals surface area contributed by atoms with Gasteiger partial charge < -0.3 is 0 Å².